The molecule has 0 radical (unpaired) electrons. The summed E-state index contributed by atoms with van der Waals surface area (Å²) < 4.78 is 2.00. The molecule has 0 aliphatic heterocycles. The topological polar surface area (TPSA) is 34.9 Å². The second-order valence-corrected chi connectivity index (χ2v) is 3.42. The first-order valence-electron chi connectivity index (χ1n) is 4.71. The predicted octanol–water partition coefficient (Wildman–Crippen LogP) is 1.99. The monoisotopic (exact) mass is 180 g/mol. The lowest BCUT2D eigenvalue weighted by Gasteiger charge is -2.09. The second-order valence-electron chi connectivity index (χ2n) is 3.42. The molecule has 0 amide bonds. The van der Waals surface area contributed by atoms with E-state index in [1.807, 2.05) is 16.9 Å². The first-order valence-corrected chi connectivity index (χ1v) is 4.71. The van der Waals surface area contributed by atoms with Crippen molar-refractivity contribution in [1.82, 2.24) is 9.78 Å². The Balaban J connectivity index is 2.55. The average Bonchev–Trinajstić information content (AvgIpc) is 2.53. The van der Waals surface area contributed by atoms with Crippen molar-refractivity contribution in [1.29, 1.82) is 0 Å². The Hall–Kier alpha value is -1.12. The molecule has 0 aromatic carbocycles. The summed E-state index contributed by atoms with van der Waals surface area (Å²) in [5.41, 5.74) is 1.22. The summed E-state index contributed by atoms with van der Waals surface area (Å²) in [7, 11) is 0. The molecule has 0 unspecified atom stereocenters. The number of rotatable bonds is 5. The van der Waals surface area contributed by atoms with Crippen molar-refractivity contribution < 1.29 is 4.79 Å². The molecule has 0 fully saturated rings. The molecule has 72 valence electrons. The summed E-state index contributed by atoms with van der Waals surface area (Å²) in [4.78, 5) is 10.1. The van der Waals surface area contributed by atoms with Crippen molar-refractivity contribution in [2.24, 2.45) is 0 Å². The standard InChI is InChI=1S/C10H16N2O/c1-9(2)12-10(6-7-11-12)5-3-4-8-13/h6-9H,3-5H2,1-2H3. The van der Waals surface area contributed by atoms with Gasteiger partial charge in [0, 0.05) is 24.4 Å². The zero-order valence-electron chi connectivity index (χ0n) is 8.23. The number of unbranched alkanes of at least 4 members (excludes halogenated alkanes) is 1. The van der Waals surface area contributed by atoms with Crippen LogP contribution >= 0.6 is 0 Å². The number of carbonyl (C=O) groups excluding carboxylic acids is 1. The maximum Gasteiger partial charge on any atom is 0.120 e. The Kier molecular flexibility index (Phi) is 3.68. The number of hydrogen-bond acceptors (Lipinski definition) is 2. The molecule has 0 bridgehead atoms. The van der Waals surface area contributed by atoms with Crippen molar-refractivity contribution >= 4 is 6.29 Å². The predicted molar refractivity (Wildman–Crippen MR) is 51.6 cm³/mol. The molecule has 0 aliphatic rings. The van der Waals surface area contributed by atoms with Crippen LogP contribution in [0.15, 0.2) is 12.3 Å². The van der Waals surface area contributed by atoms with E-state index in [0.29, 0.717) is 12.5 Å². The number of carbonyl (C=O) groups is 1. The van der Waals surface area contributed by atoms with E-state index in [0.717, 1.165) is 19.1 Å². The van der Waals surface area contributed by atoms with Crippen LogP contribution in [0.3, 0.4) is 0 Å². The third-order valence-corrected chi connectivity index (χ3v) is 2.00. The fourth-order valence-corrected chi connectivity index (χ4v) is 1.37. The minimum absolute atomic E-state index is 0.404. The second kappa shape index (κ2) is 4.80. The highest BCUT2D eigenvalue weighted by molar-refractivity contribution is 5.49. The van der Waals surface area contributed by atoms with Crippen LogP contribution in [0.2, 0.25) is 0 Å². The van der Waals surface area contributed by atoms with Crippen molar-refractivity contribution in [3.05, 3.63) is 18.0 Å². The molecule has 0 N–H and O–H groups in total. The molecule has 0 saturated carbocycles. The highest BCUT2D eigenvalue weighted by Crippen LogP contribution is 2.10. The molecule has 3 heteroatoms. The third-order valence-electron chi connectivity index (χ3n) is 2.00. The van der Waals surface area contributed by atoms with Crippen molar-refractivity contribution in [2.45, 2.75) is 39.2 Å². The molecule has 1 heterocycles. The van der Waals surface area contributed by atoms with Crippen molar-refractivity contribution in [2.75, 3.05) is 0 Å². The molecule has 1 aromatic heterocycles. The molecule has 0 atom stereocenters. The van der Waals surface area contributed by atoms with E-state index in [-0.39, 0.29) is 0 Å². The SMILES string of the molecule is CC(C)n1nccc1CCCC=O. The summed E-state index contributed by atoms with van der Waals surface area (Å²) in [6.07, 6.45) is 5.29. The van der Waals surface area contributed by atoms with Crippen LogP contribution in [0.5, 0.6) is 0 Å². The van der Waals surface area contributed by atoms with E-state index in [9.17, 15) is 4.79 Å². The maximum atomic E-state index is 10.1. The normalized spacial score (nSPS) is 10.7. The Morgan fingerprint density at radius 1 is 1.62 bits per heavy atom. The smallest absolute Gasteiger partial charge is 0.120 e. The molecular weight excluding hydrogens is 164 g/mol. The van der Waals surface area contributed by atoms with Gasteiger partial charge in [-0.1, -0.05) is 0 Å². The summed E-state index contributed by atoms with van der Waals surface area (Å²) in [5.74, 6) is 0. The molecule has 1 rings (SSSR count). The third kappa shape index (κ3) is 2.68. The van der Waals surface area contributed by atoms with Gasteiger partial charge in [-0.15, -0.1) is 0 Å². The minimum atomic E-state index is 0.404. The molecule has 0 aliphatic carbocycles. The van der Waals surface area contributed by atoms with Crippen LogP contribution in [-0.4, -0.2) is 16.1 Å². The lowest BCUT2D eigenvalue weighted by Crippen LogP contribution is -2.07. The van der Waals surface area contributed by atoms with Gasteiger partial charge in [0.15, 0.2) is 0 Å². The van der Waals surface area contributed by atoms with E-state index >= 15 is 0 Å². The summed E-state index contributed by atoms with van der Waals surface area (Å²) in [5, 5.41) is 4.22. The average molecular weight is 180 g/mol. The van der Waals surface area contributed by atoms with Gasteiger partial charge in [-0.2, -0.15) is 5.10 Å². The summed E-state index contributed by atoms with van der Waals surface area (Å²) in [6, 6.07) is 2.42. The highest BCUT2D eigenvalue weighted by Gasteiger charge is 2.04. The zero-order valence-corrected chi connectivity index (χ0v) is 8.23. The molecular formula is C10H16N2O. The van der Waals surface area contributed by atoms with E-state index in [1.54, 1.807) is 0 Å². The van der Waals surface area contributed by atoms with E-state index in [4.69, 9.17) is 0 Å². The van der Waals surface area contributed by atoms with E-state index < -0.39 is 0 Å². The van der Waals surface area contributed by atoms with Crippen LogP contribution < -0.4 is 0 Å². The van der Waals surface area contributed by atoms with Crippen LogP contribution in [0.4, 0.5) is 0 Å². The van der Waals surface area contributed by atoms with Crippen molar-refractivity contribution in [3.63, 3.8) is 0 Å². The van der Waals surface area contributed by atoms with E-state index in [1.165, 1.54) is 5.69 Å². The minimum Gasteiger partial charge on any atom is -0.303 e. The highest BCUT2D eigenvalue weighted by atomic mass is 16.1. The summed E-state index contributed by atoms with van der Waals surface area (Å²) >= 11 is 0. The largest absolute Gasteiger partial charge is 0.303 e. The Morgan fingerprint density at radius 2 is 2.38 bits per heavy atom. The number of aromatic nitrogens is 2. The van der Waals surface area contributed by atoms with Crippen LogP contribution in [0.25, 0.3) is 0 Å². The van der Waals surface area contributed by atoms with Gasteiger partial charge in [-0.05, 0) is 32.8 Å². The lowest BCUT2D eigenvalue weighted by molar-refractivity contribution is -0.107. The molecule has 1 aromatic rings. The Labute approximate surface area is 78.8 Å². The molecule has 0 spiro atoms. The number of nitrogens with zero attached hydrogens (tertiary/aromatic N) is 2. The van der Waals surface area contributed by atoms with Gasteiger partial charge in [0.2, 0.25) is 0 Å². The lowest BCUT2D eigenvalue weighted by atomic mass is 10.2. The van der Waals surface area contributed by atoms with Gasteiger partial charge in [-0.3, -0.25) is 4.68 Å². The number of aryl methyl sites for hydroxylation is 1. The van der Waals surface area contributed by atoms with Gasteiger partial charge in [0.1, 0.15) is 6.29 Å². The van der Waals surface area contributed by atoms with E-state index in [2.05, 4.69) is 18.9 Å². The zero-order chi connectivity index (χ0) is 9.68. The number of aldehydes is 1. The fourth-order valence-electron chi connectivity index (χ4n) is 1.37. The van der Waals surface area contributed by atoms with Gasteiger partial charge < -0.3 is 4.79 Å². The molecule has 13 heavy (non-hydrogen) atoms. The van der Waals surface area contributed by atoms with Gasteiger partial charge in [-0.25, -0.2) is 0 Å². The van der Waals surface area contributed by atoms with Crippen LogP contribution in [0, 0.1) is 0 Å². The Bertz CT molecular complexity index is 266. The summed E-state index contributed by atoms with van der Waals surface area (Å²) in [6.45, 7) is 4.21. The molecule has 3 nitrogen and oxygen atoms in total. The quantitative estimate of drug-likeness (QED) is 0.513. The number of hydrogen-bond donors (Lipinski definition) is 0. The Morgan fingerprint density at radius 3 is 3.00 bits per heavy atom. The van der Waals surface area contributed by atoms with Gasteiger partial charge in [0.05, 0.1) is 0 Å². The molecule has 0 saturated heterocycles. The maximum absolute atomic E-state index is 10.1. The van der Waals surface area contributed by atoms with Gasteiger partial charge in [0.25, 0.3) is 0 Å². The first-order chi connectivity index (χ1) is 6.25. The van der Waals surface area contributed by atoms with Crippen molar-refractivity contribution in [3.8, 4) is 0 Å². The van der Waals surface area contributed by atoms with Gasteiger partial charge >= 0.3 is 0 Å². The van der Waals surface area contributed by atoms with Crippen LogP contribution in [0.1, 0.15) is 38.4 Å². The fraction of sp³-hybridized carbons (Fsp3) is 0.600. The first kappa shape index (κ1) is 9.96. The van der Waals surface area contributed by atoms with Crippen LogP contribution in [-0.2, 0) is 11.2 Å².